The van der Waals surface area contributed by atoms with Crippen molar-refractivity contribution in [1.29, 1.82) is 0 Å². The van der Waals surface area contributed by atoms with Gasteiger partial charge in [-0.15, -0.1) is 0 Å². The average molecular weight is 403 g/mol. The van der Waals surface area contributed by atoms with E-state index >= 15 is 0 Å². The molecule has 0 radical (unpaired) electrons. The van der Waals surface area contributed by atoms with Crippen LogP contribution in [0.4, 0.5) is 11.4 Å². The third kappa shape index (κ3) is 3.13. The number of hydrogen-bond donors (Lipinski definition) is 0. The van der Waals surface area contributed by atoms with Gasteiger partial charge in [0.05, 0.1) is 5.56 Å². The van der Waals surface area contributed by atoms with Crippen LogP contribution in [-0.2, 0) is 0 Å². The molecule has 26 heavy (non-hydrogen) atoms. The molecule has 0 aromatic heterocycles. The molecule has 138 valence electrons. The lowest BCUT2D eigenvalue weighted by Gasteiger charge is -2.55. The topological polar surface area (TPSA) is 3.01 Å². The molecule has 0 fully saturated rings. The summed E-state index contributed by atoms with van der Waals surface area (Å²) in [5, 5.41) is 0.790. The summed E-state index contributed by atoms with van der Waals surface area (Å²) in [6.45, 7) is 18.4. The van der Waals surface area contributed by atoms with Gasteiger partial charge in [-0.25, -0.2) is 0 Å². The molecule has 0 bridgehead atoms. The number of benzene rings is 2. The summed E-state index contributed by atoms with van der Waals surface area (Å²) in [5.41, 5.74) is 5.44. The van der Waals surface area contributed by atoms with Crippen LogP contribution in [0.25, 0.3) is 0 Å². The summed E-state index contributed by atoms with van der Waals surface area (Å²) in [6.07, 6.45) is 2.34. The smallest absolute Gasteiger partial charge is 0.269 e. The molecule has 3 rings (SSSR count). The Hall–Kier alpha value is -1.21. The molecule has 2 aromatic rings. The van der Waals surface area contributed by atoms with Crippen molar-refractivity contribution in [2.75, 3.05) is 6.67 Å². The van der Waals surface area contributed by atoms with Gasteiger partial charge in [0.1, 0.15) is 5.69 Å². The van der Waals surface area contributed by atoms with Crippen molar-refractivity contribution in [2.45, 2.75) is 46.2 Å². The lowest BCUT2D eigenvalue weighted by Crippen LogP contribution is -2.78. The Morgan fingerprint density at radius 1 is 0.885 bits per heavy atom. The maximum atomic E-state index is 6.13. The third-order valence-electron chi connectivity index (χ3n) is 5.70. The Balaban J connectivity index is 2.31. The van der Waals surface area contributed by atoms with E-state index in [4.69, 9.17) is 11.6 Å². The van der Waals surface area contributed by atoms with Crippen LogP contribution < -0.4 is 3.81 Å². The minimum Gasteiger partial charge on any atom is -0.355 e. The Labute approximate surface area is 165 Å². The van der Waals surface area contributed by atoms with E-state index in [0.29, 0.717) is 0 Å². The van der Waals surface area contributed by atoms with Gasteiger partial charge in [-0.2, -0.15) is 4.58 Å². The van der Waals surface area contributed by atoms with Crippen molar-refractivity contribution >= 4 is 45.7 Å². The van der Waals surface area contributed by atoms with E-state index < -0.39 is 16.5 Å². The first-order chi connectivity index (χ1) is 12.0. The number of quaternary nitrogens is 1. The molecule has 1 heterocycles. The van der Waals surface area contributed by atoms with E-state index in [-0.39, 0.29) is 0 Å². The molecule has 0 atom stereocenters. The van der Waals surface area contributed by atoms with Gasteiger partial charge in [-0.05, 0) is 76.0 Å². The molecule has 2 nitrogen and oxygen atoms in total. The van der Waals surface area contributed by atoms with Crippen LogP contribution in [0.1, 0.15) is 11.1 Å². The maximum Gasteiger partial charge on any atom is 0.269 e. The van der Waals surface area contributed by atoms with Crippen LogP contribution in [-0.4, -0.2) is 33.9 Å². The fourth-order valence-electron chi connectivity index (χ4n) is 4.58. The molecular formula is C21H31ClN2Si2+2. The molecule has 0 spiro atoms. The highest BCUT2D eigenvalue weighted by atomic mass is 35.5. The van der Waals surface area contributed by atoms with Crippen molar-refractivity contribution in [3.63, 3.8) is 0 Å². The number of rotatable bonds is 3. The molecule has 0 aliphatic carbocycles. The second kappa shape index (κ2) is 6.45. The van der Waals surface area contributed by atoms with E-state index in [9.17, 15) is 0 Å². The largest absolute Gasteiger partial charge is 0.355 e. The van der Waals surface area contributed by atoms with Crippen molar-refractivity contribution < 1.29 is 4.58 Å². The fraction of sp³-hybridized carbons (Fsp3) is 0.381. The summed E-state index contributed by atoms with van der Waals surface area (Å²) in [7, 11) is -3.17. The summed E-state index contributed by atoms with van der Waals surface area (Å²) >= 11 is 6.13. The second-order valence-corrected chi connectivity index (χ2v) is 20.5. The van der Waals surface area contributed by atoms with Gasteiger partial charge in [0.2, 0.25) is 12.4 Å². The van der Waals surface area contributed by atoms with Gasteiger partial charge < -0.3 is 3.81 Å². The second-order valence-electron chi connectivity index (χ2n) is 9.43. The van der Waals surface area contributed by atoms with Crippen LogP contribution in [0, 0.1) is 6.92 Å². The van der Waals surface area contributed by atoms with Gasteiger partial charge in [-0.3, -0.25) is 0 Å². The van der Waals surface area contributed by atoms with Crippen LogP contribution >= 0.6 is 11.6 Å². The molecular weight excluding hydrogens is 372 g/mol. The molecule has 2 aromatic carbocycles. The van der Waals surface area contributed by atoms with E-state index in [1.165, 1.54) is 22.5 Å². The number of hydrogen-bond acceptors (Lipinski definition) is 0. The van der Waals surface area contributed by atoms with Crippen LogP contribution in [0.3, 0.4) is 0 Å². The normalized spacial score (nSPS) is 16.8. The Kier molecular flexibility index (Phi) is 4.85. The predicted molar refractivity (Wildman–Crippen MR) is 121 cm³/mol. The zero-order chi connectivity index (χ0) is 19.3. The average Bonchev–Trinajstić information content (AvgIpc) is 2.51. The fourth-order valence-corrected chi connectivity index (χ4v) is 15.8. The first-order valence-corrected chi connectivity index (χ1v) is 16.6. The van der Waals surface area contributed by atoms with Crippen molar-refractivity contribution in [3.8, 4) is 0 Å². The Morgan fingerprint density at radius 3 is 2.00 bits per heavy atom. The number of fused-ring (bicyclic) bond motifs is 1. The SMILES string of the molecule is Cc1ccc2c(c1)C=[N+](c1ccc(Cl)cc1)C[N+]2([Si](C)(C)C)[Si](C)(C)C. The molecule has 0 amide bonds. The van der Waals surface area contributed by atoms with E-state index in [2.05, 4.69) is 87.3 Å². The summed E-state index contributed by atoms with van der Waals surface area (Å²) in [4.78, 5) is 0. The highest BCUT2D eigenvalue weighted by Gasteiger charge is 2.58. The van der Waals surface area contributed by atoms with Gasteiger partial charge in [0.25, 0.3) is 16.5 Å². The van der Waals surface area contributed by atoms with Gasteiger partial charge in [0.15, 0.2) is 6.21 Å². The standard InChI is InChI=1S/C21H31ClN2Si2/c1-17-8-13-21-18(14-17)15-23(20-11-9-19(22)10-12-20)16-24(21,25(2,3)4)26(5,6)7/h8-15H,16H2,1-7H3/q+2. The molecule has 0 saturated carbocycles. The lowest BCUT2D eigenvalue weighted by atomic mass is 10.1. The number of halogens is 1. The first kappa shape index (κ1) is 19.6. The minimum absolute atomic E-state index is 0.790. The summed E-state index contributed by atoms with van der Waals surface area (Å²) in [6, 6.07) is 15.3. The molecule has 5 heteroatoms. The molecule has 0 unspecified atom stereocenters. The molecule has 0 N–H and O–H groups in total. The van der Waals surface area contributed by atoms with Gasteiger partial charge in [-0.1, -0.05) is 17.7 Å². The minimum atomic E-state index is -1.58. The van der Waals surface area contributed by atoms with Crippen molar-refractivity contribution in [1.82, 2.24) is 3.81 Å². The zero-order valence-corrected chi connectivity index (χ0v) is 19.9. The first-order valence-electron chi connectivity index (χ1n) is 9.32. The molecule has 0 saturated heterocycles. The zero-order valence-electron chi connectivity index (χ0n) is 17.1. The molecule has 1 aliphatic rings. The quantitative estimate of drug-likeness (QED) is 0.415. The van der Waals surface area contributed by atoms with E-state index in [1.807, 2.05) is 12.1 Å². The predicted octanol–water partition coefficient (Wildman–Crippen LogP) is 6.36. The summed E-state index contributed by atoms with van der Waals surface area (Å²) in [5.74, 6) is 0. The Morgan fingerprint density at radius 2 is 1.46 bits per heavy atom. The lowest BCUT2D eigenvalue weighted by molar-refractivity contribution is -0.450. The highest BCUT2D eigenvalue weighted by Crippen LogP contribution is 2.42. The van der Waals surface area contributed by atoms with E-state index in [0.717, 1.165) is 15.5 Å². The van der Waals surface area contributed by atoms with Gasteiger partial charge in [0, 0.05) is 17.2 Å². The summed E-state index contributed by atoms with van der Waals surface area (Å²) < 4.78 is 3.61. The van der Waals surface area contributed by atoms with Gasteiger partial charge >= 0.3 is 0 Å². The maximum absolute atomic E-state index is 6.13. The Bertz CT molecular complexity index is 845. The van der Waals surface area contributed by atoms with Crippen LogP contribution in [0.2, 0.25) is 44.3 Å². The highest BCUT2D eigenvalue weighted by molar-refractivity contribution is 6.95. The van der Waals surface area contributed by atoms with Crippen LogP contribution in [0.5, 0.6) is 0 Å². The van der Waals surface area contributed by atoms with Crippen LogP contribution in [0.15, 0.2) is 42.5 Å². The molecule has 1 aliphatic heterocycles. The third-order valence-corrected chi connectivity index (χ3v) is 15.3. The monoisotopic (exact) mass is 402 g/mol. The van der Waals surface area contributed by atoms with E-state index in [1.54, 1.807) is 0 Å². The number of nitrogens with zero attached hydrogens (tertiary/aromatic N) is 2. The number of aryl methyl sites for hydroxylation is 1. The van der Waals surface area contributed by atoms with Crippen molar-refractivity contribution in [2.24, 2.45) is 0 Å². The van der Waals surface area contributed by atoms with Crippen molar-refractivity contribution in [3.05, 3.63) is 58.6 Å².